The summed E-state index contributed by atoms with van der Waals surface area (Å²) in [6.07, 6.45) is 5.41. The second-order valence-corrected chi connectivity index (χ2v) is 7.05. The van der Waals surface area contributed by atoms with E-state index >= 15 is 0 Å². The first-order valence-electron chi connectivity index (χ1n) is 8.07. The molecule has 2 heterocycles. The van der Waals surface area contributed by atoms with Crippen LogP contribution in [0.3, 0.4) is 0 Å². The number of hydrogen-bond acceptors (Lipinski definition) is 8. The fourth-order valence-electron chi connectivity index (χ4n) is 1.52. The van der Waals surface area contributed by atoms with Crippen LogP contribution in [-0.2, 0) is 18.6 Å². The third-order valence-corrected chi connectivity index (χ3v) is 2.46. The number of carbonyl (C=O) groups excluding carboxylic acids is 2. The average Bonchev–Trinajstić information content (AvgIpc) is 2.64. The highest BCUT2D eigenvalue weighted by molar-refractivity contribution is 7.43. The van der Waals surface area contributed by atoms with Gasteiger partial charge in [-0.15, -0.1) is 0 Å². The first-order valence-corrected chi connectivity index (χ1v) is 11.1. The molecule has 0 aliphatic heterocycles. The molecule has 2 rings (SSSR count). The van der Waals surface area contributed by atoms with E-state index in [1.54, 1.807) is 49.1 Å². The lowest BCUT2D eigenvalue weighted by atomic mass is 10.4. The van der Waals surface area contributed by atoms with Crippen molar-refractivity contribution in [1.82, 2.24) is 0 Å². The fraction of sp³-hybridized carbons (Fsp3) is 0.143. The van der Waals surface area contributed by atoms with Gasteiger partial charge in [-0.1, -0.05) is 0 Å². The minimum absolute atomic E-state index is 0.0449. The van der Waals surface area contributed by atoms with E-state index in [2.05, 4.69) is 20.6 Å². The number of aromatic amines is 2. The summed E-state index contributed by atoms with van der Waals surface area (Å²) in [5.41, 5.74) is 1.15. The third kappa shape index (κ3) is 23.3. The molecule has 0 fully saturated rings. The van der Waals surface area contributed by atoms with Crippen LogP contribution in [0.5, 0.6) is 0 Å². The monoisotopic (exact) mass is 498 g/mol. The Balaban J connectivity index is 0.000000805. The maximum absolute atomic E-state index is 11.4. The van der Waals surface area contributed by atoms with E-state index in [9.17, 15) is 9.59 Å². The topological polar surface area (TPSA) is 266 Å². The molecule has 0 unspecified atom stereocenters. The normalized spacial score (nSPS) is 10.3. The number of hydrogen-bond donors (Lipinski definition) is 6. The molecule has 0 spiro atoms. The summed E-state index contributed by atoms with van der Waals surface area (Å²) in [7, 11) is -9.78. The van der Waals surface area contributed by atoms with Crippen LogP contribution in [0.2, 0.25) is 0 Å². The summed E-state index contributed by atoms with van der Waals surface area (Å²) in [4.78, 5) is 74.4. The molecular formula is C14H20N4O12P2. The molecule has 178 valence electrons. The molecule has 2 aromatic heterocycles. The minimum Gasteiger partial charge on any atom is -0.756 e. The van der Waals surface area contributed by atoms with E-state index in [0.29, 0.717) is 11.4 Å². The largest absolute Gasteiger partial charge is 0.756 e. The van der Waals surface area contributed by atoms with E-state index < -0.39 is 27.8 Å². The molecule has 0 saturated heterocycles. The van der Waals surface area contributed by atoms with E-state index in [-0.39, 0.29) is 13.2 Å². The van der Waals surface area contributed by atoms with Gasteiger partial charge < -0.3 is 38.8 Å². The van der Waals surface area contributed by atoms with Gasteiger partial charge in [0.2, 0.25) is 0 Å². The minimum atomic E-state index is -4.89. The van der Waals surface area contributed by atoms with Gasteiger partial charge in [-0.05, 0) is 12.1 Å². The van der Waals surface area contributed by atoms with Crippen molar-refractivity contribution in [3.05, 3.63) is 49.1 Å². The molecule has 8 N–H and O–H groups in total. The number of ether oxygens (including phenoxy) is 2. The van der Waals surface area contributed by atoms with Crippen molar-refractivity contribution in [2.45, 2.75) is 0 Å². The molecule has 32 heavy (non-hydrogen) atoms. The molecule has 0 saturated carbocycles. The summed E-state index contributed by atoms with van der Waals surface area (Å²) in [6, 6.07) is 6.89. The Morgan fingerprint density at radius 3 is 1.38 bits per heavy atom. The van der Waals surface area contributed by atoms with Crippen LogP contribution < -0.4 is 30.4 Å². The first kappa shape index (κ1) is 29.1. The molecule has 18 heteroatoms. The van der Waals surface area contributed by atoms with Crippen molar-refractivity contribution in [3.63, 3.8) is 0 Å². The molecule has 16 nitrogen and oxygen atoms in total. The van der Waals surface area contributed by atoms with Crippen molar-refractivity contribution in [1.29, 1.82) is 0 Å². The van der Waals surface area contributed by atoms with Gasteiger partial charge in [0.15, 0.2) is 24.8 Å². The zero-order valence-corrected chi connectivity index (χ0v) is 17.8. The summed E-state index contributed by atoms with van der Waals surface area (Å²) in [5, 5.41) is 5.03. The molecule has 0 aliphatic rings. The predicted molar refractivity (Wildman–Crippen MR) is 100 cm³/mol. The van der Waals surface area contributed by atoms with Crippen molar-refractivity contribution in [2.24, 2.45) is 0 Å². The van der Waals surface area contributed by atoms with Crippen LogP contribution in [-0.4, -0.2) is 45.0 Å². The third-order valence-electron chi connectivity index (χ3n) is 2.46. The summed E-state index contributed by atoms with van der Waals surface area (Å²) in [6.45, 7) is -0.0898. The van der Waals surface area contributed by atoms with Crippen LogP contribution in [0.25, 0.3) is 0 Å². The number of carbonyl (C=O) groups is 2. The van der Waals surface area contributed by atoms with Gasteiger partial charge in [0.1, 0.15) is 24.6 Å². The lowest BCUT2D eigenvalue weighted by Crippen LogP contribution is -2.21. The van der Waals surface area contributed by atoms with Crippen LogP contribution >= 0.6 is 15.6 Å². The summed E-state index contributed by atoms with van der Waals surface area (Å²) < 4.78 is 27.3. The standard InChI is InChI=1S/C14H14N4O4.2H3O4P/c19-13(17-11-3-1-5-15-9-11)21-7-8-22-14(20)18-12-4-2-6-16-10-12;2*1-5(2,3)4/h1-6,9-10H,7-8H2,(H,17,19)(H,18,20);2*(H3,1,2,3,4). The number of phosphoric acid groups is 2. The number of amides is 2. The highest BCUT2D eigenvalue weighted by atomic mass is 31.2. The van der Waals surface area contributed by atoms with Gasteiger partial charge in [-0.2, -0.15) is 0 Å². The highest BCUT2D eigenvalue weighted by Crippen LogP contribution is 2.19. The Bertz CT molecular complexity index is 814. The Hall–Kier alpha value is -2.94. The maximum Gasteiger partial charge on any atom is 0.411 e. The van der Waals surface area contributed by atoms with E-state index in [0.717, 1.165) is 0 Å². The van der Waals surface area contributed by atoms with Crippen LogP contribution in [0.4, 0.5) is 21.0 Å². The quantitative estimate of drug-likeness (QED) is 0.193. The van der Waals surface area contributed by atoms with Gasteiger partial charge in [0.05, 0.1) is 0 Å². The predicted octanol–water partition coefficient (Wildman–Crippen LogP) is -2.01. The first-order chi connectivity index (χ1) is 14.7. The Morgan fingerprint density at radius 1 is 0.812 bits per heavy atom. The SMILES string of the molecule is O=C(Nc1ccc[nH+]c1)OCCOC(=O)Nc1ccc[nH+]c1.O=P([O-])(O)O.O=P([O-])(O)O. The lowest BCUT2D eigenvalue weighted by molar-refractivity contribution is -0.377. The molecule has 2 amide bonds. The van der Waals surface area contributed by atoms with Crippen LogP contribution in [0, 0.1) is 0 Å². The Labute approximate surface area is 180 Å². The Morgan fingerprint density at radius 2 is 1.12 bits per heavy atom. The molecule has 0 atom stereocenters. The van der Waals surface area contributed by atoms with Gasteiger partial charge in [0.25, 0.3) is 15.6 Å². The van der Waals surface area contributed by atoms with Gasteiger partial charge in [0, 0.05) is 12.1 Å². The Kier molecular flexibility index (Phi) is 13.6. The van der Waals surface area contributed by atoms with Crippen molar-refractivity contribution < 1.29 is 67.5 Å². The average molecular weight is 498 g/mol. The second kappa shape index (κ2) is 15.0. The van der Waals surface area contributed by atoms with Gasteiger partial charge in [-0.3, -0.25) is 19.8 Å². The number of aromatic nitrogens is 2. The number of pyridine rings is 2. The molecule has 2 aromatic rings. The van der Waals surface area contributed by atoms with Crippen molar-refractivity contribution >= 4 is 39.2 Å². The van der Waals surface area contributed by atoms with E-state index in [1.165, 1.54) is 0 Å². The number of H-pyrrole nitrogens is 2. The second-order valence-electron chi connectivity index (χ2n) is 5.09. The summed E-state index contributed by atoms with van der Waals surface area (Å²) >= 11 is 0. The molecular weight excluding hydrogens is 478 g/mol. The van der Waals surface area contributed by atoms with E-state index in [4.69, 9.17) is 48.0 Å². The van der Waals surface area contributed by atoms with Crippen LogP contribution in [0.15, 0.2) is 49.1 Å². The highest BCUT2D eigenvalue weighted by Gasteiger charge is 2.07. The van der Waals surface area contributed by atoms with E-state index in [1.807, 2.05) is 0 Å². The smallest absolute Gasteiger partial charge is 0.411 e. The van der Waals surface area contributed by atoms with Crippen LogP contribution in [0.1, 0.15) is 0 Å². The van der Waals surface area contributed by atoms with Crippen molar-refractivity contribution in [3.8, 4) is 0 Å². The number of rotatable bonds is 5. The zero-order chi connectivity index (χ0) is 24.6. The molecule has 0 bridgehead atoms. The summed E-state index contributed by atoms with van der Waals surface area (Å²) in [5.74, 6) is 0. The maximum atomic E-state index is 11.4. The van der Waals surface area contributed by atoms with Gasteiger partial charge in [-0.25, -0.2) is 19.6 Å². The fourth-order valence-corrected chi connectivity index (χ4v) is 1.52. The molecule has 0 radical (unpaired) electrons. The number of nitrogens with one attached hydrogen (secondary N) is 4. The lowest BCUT2D eigenvalue weighted by Gasteiger charge is -2.07. The van der Waals surface area contributed by atoms with Gasteiger partial charge >= 0.3 is 12.2 Å². The molecule has 0 aromatic carbocycles. The van der Waals surface area contributed by atoms with Crippen molar-refractivity contribution in [2.75, 3.05) is 23.8 Å². The zero-order valence-electron chi connectivity index (χ0n) is 16.0. The number of anilines is 2. The molecule has 0 aliphatic carbocycles.